The van der Waals surface area contributed by atoms with E-state index in [4.69, 9.17) is 4.52 Å². The number of benzene rings is 1. The summed E-state index contributed by atoms with van der Waals surface area (Å²) in [6, 6.07) is 11.4. The molecule has 0 spiro atoms. The Bertz CT molecular complexity index is 1060. The molecule has 7 nitrogen and oxygen atoms in total. The number of aromatic nitrogens is 2. The zero-order chi connectivity index (χ0) is 21.3. The molecule has 2 fully saturated rings. The molecule has 2 amide bonds. The predicted molar refractivity (Wildman–Crippen MR) is 117 cm³/mol. The minimum absolute atomic E-state index is 0.0263. The molecule has 0 radical (unpaired) electrons. The molecule has 1 atom stereocenters. The number of nitrogens with one attached hydrogen (secondary N) is 1. The number of amides is 2. The van der Waals surface area contributed by atoms with Crippen molar-refractivity contribution in [2.45, 2.75) is 44.1 Å². The largest absolute Gasteiger partial charge is 0.341 e. The third-order valence-electron chi connectivity index (χ3n) is 6.25. The molecule has 1 aliphatic heterocycles. The summed E-state index contributed by atoms with van der Waals surface area (Å²) in [6.45, 7) is 0.384. The summed E-state index contributed by atoms with van der Waals surface area (Å²) in [5.41, 5.74) is 1.07. The molecule has 31 heavy (non-hydrogen) atoms. The van der Waals surface area contributed by atoms with Gasteiger partial charge in [-0.1, -0.05) is 42.6 Å². The zero-order valence-corrected chi connectivity index (χ0v) is 17.9. The summed E-state index contributed by atoms with van der Waals surface area (Å²) < 4.78 is 5.66. The quantitative estimate of drug-likeness (QED) is 0.650. The predicted octanol–water partition coefficient (Wildman–Crippen LogP) is 4.13. The molecule has 1 saturated heterocycles. The first-order valence-corrected chi connectivity index (χ1v) is 11.6. The van der Waals surface area contributed by atoms with Crippen LogP contribution in [0.3, 0.4) is 0 Å². The van der Waals surface area contributed by atoms with Crippen molar-refractivity contribution >= 4 is 28.8 Å². The number of rotatable bonds is 5. The highest BCUT2D eigenvalue weighted by molar-refractivity contribution is 7.08. The highest BCUT2D eigenvalue weighted by Gasteiger charge is 2.44. The van der Waals surface area contributed by atoms with Crippen LogP contribution in [0.4, 0.5) is 5.69 Å². The van der Waals surface area contributed by atoms with E-state index in [1.54, 1.807) is 16.2 Å². The van der Waals surface area contributed by atoms with Crippen LogP contribution in [0.15, 0.2) is 51.7 Å². The van der Waals surface area contributed by atoms with Crippen molar-refractivity contribution in [3.63, 3.8) is 0 Å². The van der Waals surface area contributed by atoms with Gasteiger partial charge in [0.2, 0.25) is 17.6 Å². The van der Waals surface area contributed by atoms with E-state index in [2.05, 4.69) is 15.5 Å². The summed E-state index contributed by atoms with van der Waals surface area (Å²) in [4.78, 5) is 32.2. The normalized spacial score (nSPS) is 20.7. The van der Waals surface area contributed by atoms with Crippen LogP contribution < -0.4 is 10.2 Å². The van der Waals surface area contributed by atoms with Crippen molar-refractivity contribution in [2.75, 3.05) is 11.4 Å². The van der Waals surface area contributed by atoms with Crippen LogP contribution >= 0.6 is 11.3 Å². The van der Waals surface area contributed by atoms with Crippen LogP contribution in [-0.4, -0.2) is 28.5 Å². The number of carbonyl (C=O) groups is 2. The molecule has 0 bridgehead atoms. The summed E-state index contributed by atoms with van der Waals surface area (Å²) in [5, 5.41) is 11.3. The fourth-order valence-electron chi connectivity index (χ4n) is 4.55. The summed E-state index contributed by atoms with van der Waals surface area (Å²) in [7, 11) is 0. The van der Waals surface area contributed by atoms with Crippen molar-refractivity contribution in [1.29, 1.82) is 0 Å². The van der Waals surface area contributed by atoms with Crippen molar-refractivity contribution in [2.24, 2.45) is 5.92 Å². The number of thiophene rings is 1. The Kier molecular flexibility index (Phi) is 5.31. The topological polar surface area (TPSA) is 88.3 Å². The van der Waals surface area contributed by atoms with Gasteiger partial charge < -0.3 is 14.7 Å². The van der Waals surface area contributed by atoms with E-state index in [1.165, 1.54) is 0 Å². The first kappa shape index (κ1) is 19.9. The van der Waals surface area contributed by atoms with Crippen LogP contribution in [0.25, 0.3) is 11.4 Å². The maximum atomic E-state index is 13.3. The summed E-state index contributed by atoms with van der Waals surface area (Å²) in [5.74, 6) is 0.462. The maximum Gasteiger partial charge on any atom is 0.252 e. The molecule has 8 heteroatoms. The number of hydrogen-bond acceptors (Lipinski definition) is 6. The highest BCUT2D eigenvalue weighted by Crippen LogP contribution is 2.38. The molecule has 2 aromatic heterocycles. The van der Waals surface area contributed by atoms with Crippen molar-refractivity contribution < 1.29 is 14.1 Å². The van der Waals surface area contributed by atoms with Gasteiger partial charge in [0.05, 0.1) is 5.92 Å². The molecule has 0 unspecified atom stereocenters. The lowest BCUT2D eigenvalue weighted by Crippen LogP contribution is -2.50. The van der Waals surface area contributed by atoms with Crippen LogP contribution in [0.1, 0.15) is 44.4 Å². The number of nitrogens with zero attached hydrogens (tertiary/aromatic N) is 3. The summed E-state index contributed by atoms with van der Waals surface area (Å²) in [6.07, 6.45) is 4.81. The lowest BCUT2D eigenvalue weighted by Gasteiger charge is -2.35. The van der Waals surface area contributed by atoms with Crippen molar-refractivity contribution in [3.05, 3.63) is 53.0 Å². The number of carbonyl (C=O) groups excluding carboxylic acids is 2. The second-order valence-electron chi connectivity index (χ2n) is 8.31. The Morgan fingerprint density at radius 1 is 1.16 bits per heavy atom. The molecule has 1 saturated carbocycles. The smallest absolute Gasteiger partial charge is 0.252 e. The van der Waals surface area contributed by atoms with Gasteiger partial charge in [-0.15, -0.1) is 0 Å². The minimum Gasteiger partial charge on any atom is -0.341 e. The molecule has 2 aliphatic rings. The number of anilines is 1. The Morgan fingerprint density at radius 2 is 1.97 bits per heavy atom. The van der Waals surface area contributed by atoms with Crippen LogP contribution in [0, 0.1) is 5.92 Å². The van der Waals surface area contributed by atoms with E-state index in [0.717, 1.165) is 43.4 Å². The van der Waals surface area contributed by atoms with E-state index in [9.17, 15) is 9.59 Å². The Balaban J connectivity index is 1.36. The van der Waals surface area contributed by atoms with Gasteiger partial charge in [0.15, 0.2) is 0 Å². The summed E-state index contributed by atoms with van der Waals surface area (Å²) >= 11 is 1.58. The fourth-order valence-corrected chi connectivity index (χ4v) is 5.19. The van der Waals surface area contributed by atoms with Crippen molar-refractivity contribution in [1.82, 2.24) is 15.5 Å². The van der Waals surface area contributed by atoms with Crippen LogP contribution in [0.5, 0.6) is 0 Å². The second-order valence-corrected chi connectivity index (χ2v) is 9.09. The Morgan fingerprint density at radius 3 is 2.71 bits per heavy atom. The average Bonchev–Trinajstić information content (AvgIpc) is 3.55. The molecule has 1 aliphatic carbocycles. The van der Waals surface area contributed by atoms with Gasteiger partial charge in [-0.2, -0.15) is 16.3 Å². The zero-order valence-electron chi connectivity index (χ0n) is 17.1. The third kappa shape index (κ3) is 3.87. The SMILES string of the molecule is O=C(NC1(c2nc(-c3ccsc3)no2)CCCCC1)[C@@H]1CC(=O)N(c2ccccc2)C1. The molecule has 5 rings (SSSR count). The van der Waals surface area contributed by atoms with E-state index in [-0.39, 0.29) is 18.2 Å². The van der Waals surface area contributed by atoms with E-state index < -0.39 is 11.5 Å². The van der Waals surface area contributed by atoms with Gasteiger partial charge in [-0.25, -0.2) is 0 Å². The van der Waals surface area contributed by atoms with E-state index in [0.29, 0.717) is 18.3 Å². The molecule has 1 aromatic carbocycles. The van der Waals surface area contributed by atoms with E-state index in [1.807, 2.05) is 47.2 Å². The minimum atomic E-state index is -0.667. The molecular formula is C23H24N4O3S. The fraction of sp³-hybridized carbons (Fsp3) is 0.391. The number of para-hydroxylation sites is 1. The van der Waals surface area contributed by atoms with Gasteiger partial charge >= 0.3 is 0 Å². The third-order valence-corrected chi connectivity index (χ3v) is 6.93. The Hall–Kier alpha value is -3.00. The molecule has 3 aromatic rings. The van der Waals surface area contributed by atoms with E-state index >= 15 is 0 Å². The number of hydrogen-bond donors (Lipinski definition) is 1. The van der Waals surface area contributed by atoms with Crippen LogP contribution in [0.2, 0.25) is 0 Å². The monoisotopic (exact) mass is 436 g/mol. The van der Waals surface area contributed by atoms with Gasteiger partial charge in [0.1, 0.15) is 5.54 Å². The van der Waals surface area contributed by atoms with Crippen LogP contribution in [-0.2, 0) is 15.1 Å². The first-order valence-electron chi connectivity index (χ1n) is 10.7. The first-order chi connectivity index (χ1) is 15.1. The van der Waals surface area contributed by atoms with Gasteiger partial charge in [0, 0.05) is 29.6 Å². The molecular weight excluding hydrogens is 412 g/mol. The highest BCUT2D eigenvalue weighted by atomic mass is 32.1. The second kappa shape index (κ2) is 8.26. The van der Waals surface area contributed by atoms with Gasteiger partial charge in [-0.3, -0.25) is 9.59 Å². The van der Waals surface area contributed by atoms with Gasteiger partial charge in [0.25, 0.3) is 5.89 Å². The lowest BCUT2D eigenvalue weighted by atomic mass is 9.81. The molecule has 160 valence electrons. The maximum absolute atomic E-state index is 13.3. The van der Waals surface area contributed by atoms with Crippen molar-refractivity contribution in [3.8, 4) is 11.4 Å². The Labute approximate surface area is 184 Å². The molecule has 3 heterocycles. The average molecular weight is 437 g/mol. The standard InChI is InChI=1S/C23H24N4O3S/c28-19-13-17(14-27(19)18-7-3-1-4-8-18)21(29)25-23(10-5-2-6-11-23)22-24-20(26-30-22)16-9-12-31-15-16/h1,3-4,7-9,12,15,17H,2,5-6,10-11,13-14H2,(H,25,29)/t17-/m1/s1. The molecule has 1 N–H and O–H groups in total. The lowest BCUT2D eigenvalue weighted by molar-refractivity contribution is -0.129. The van der Waals surface area contributed by atoms with Gasteiger partial charge in [-0.05, 0) is 36.4 Å².